The number of nitrogens with two attached hydrogens (primary N) is 1. The molecule has 1 heterocycles. The number of aliphatic imine (C=N–C) groups is 1. The molecule has 1 aromatic carbocycles. The number of benzene rings is 1. The lowest BCUT2D eigenvalue weighted by molar-refractivity contribution is -0.155. The summed E-state index contributed by atoms with van der Waals surface area (Å²) in [4.78, 5) is 29.3. The number of hydrazine groups is 1. The van der Waals surface area contributed by atoms with Crippen LogP contribution in [0.4, 0.5) is 0 Å². The molecule has 1 aliphatic heterocycles. The van der Waals surface area contributed by atoms with Crippen LogP contribution in [0.3, 0.4) is 0 Å². The molecule has 0 unspecified atom stereocenters. The van der Waals surface area contributed by atoms with Crippen molar-refractivity contribution in [3.63, 3.8) is 0 Å². The number of carbonyl (C=O) groups excluding carboxylic acids is 2. The van der Waals surface area contributed by atoms with Gasteiger partial charge in [-0.3, -0.25) is 15.0 Å². The highest BCUT2D eigenvalue weighted by Gasteiger charge is 2.50. The highest BCUT2D eigenvalue weighted by molar-refractivity contribution is 6.00. The molecule has 1 aliphatic rings. The van der Waals surface area contributed by atoms with E-state index in [1.807, 2.05) is 0 Å². The zero-order chi connectivity index (χ0) is 22.4. The number of hydrogen-bond donors (Lipinski definition) is 3. The normalized spacial score (nSPS) is 20.9. The summed E-state index contributed by atoms with van der Waals surface area (Å²) in [5.74, 6) is 5.38. The maximum Gasteiger partial charge on any atom is 0.306 e. The lowest BCUT2D eigenvalue weighted by Crippen LogP contribution is -2.53. The number of carbonyl (C=O) groups is 2. The van der Waals surface area contributed by atoms with Crippen LogP contribution in [0.5, 0.6) is 5.75 Å². The smallest absolute Gasteiger partial charge is 0.306 e. The number of ether oxygens (including phenoxy) is 3. The summed E-state index contributed by atoms with van der Waals surface area (Å²) in [5.41, 5.74) is 0.855. The van der Waals surface area contributed by atoms with Crippen molar-refractivity contribution < 1.29 is 28.9 Å². The van der Waals surface area contributed by atoms with Crippen LogP contribution in [-0.2, 0) is 19.1 Å². The fourth-order valence-corrected chi connectivity index (χ4v) is 3.06. The van der Waals surface area contributed by atoms with Gasteiger partial charge < -0.3 is 19.3 Å². The first-order valence-corrected chi connectivity index (χ1v) is 9.95. The van der Waals surface area contributed by atoms with Gasteiger partial charge in [0.15, 0.2) is 5.54 Å². The molecule has 2 atom stereocenters. The van der Waals surface area contributed by atoms with E-state index in [9.17, 15) is 9.59 Å². The molecule has 0 aromatic heterocycles. The molecule has 30 heavy (non-hydrogen) atoms. The van der Waals surface area contributed by atoms with Crippen molar-refractivity contribution >= 4 is 17.8 Å². The van der Waals surface area contributed by atoms with E-state index in [2.05, 4.69) is 10.4 Å². The van der Waals surface area contributed by atoms with Crippen molar-refractivity contribution in [2.45, 2.75) is 64.2 Å². The molecule has 0 spiro atoms. The quantitative estimate of drug-likeness (QED) is 0.181. The van der Waals surface area contributed by atoms with Crippen LogP contribution < -0.4 is 16.0 Å². The highest BCUT2D eigenvalue weighted by Crippen LogP contribution is 2.33. The largest absolute Gasteiger partial charge is 0.494 e. The van der Waals surface area contributed by atoms with Crippen molar-refractivity contribution in [2.24, 2.45) is 10.8 Å². The van der Waals surface area contributed by atoms with E-state index >= 15 is 0 Å². The van der Waals surface area contributed by atoms with Crippen molar-refractivity contribution in [3.8, 4) is 5.75 Å². The number of hydrogen-bond acceptors (Lipinski definition) is 8. The van der Waals surface area contributed by atoms with Gasteiger partial charge >= 0.3 is 5.97 Å². The molecule has 1 aromatic rings. The predicted octanol–water partition coefficient (Wildman–Crippen LogP) is 1.46. The topological polar surface area (TPSA) is 132 Å². The van der Waals surface area contributed by atoms with Crippen LogP contribution in [0.1, 0.15) is 52.5 Å². The Hall–Kier alpha value is -2.65. The number of esters is 1. The van der Waals surface area contributed by atoms with Crippen LogP contribution in [-0.4, -0.2) is 53.3 Å². The lowest BCUT2D eigenvalue weighted by Gasteiger charge is -2.27. The van der Waals surface area contributed by atoms with Crippen LogP contribution in [0.2, 0.25) is 0 Å². The second-order valence-corrected chi connectivity index (χ2v) is 8.11. The summed E-state index contributed by atoms with van der Waals surface area (Å²) < 4.78 is 16.7. The van der Waals surface area contributed by atoms with E-state index in [0.717, 1.165) is 0 Å². The van der Waals surface area contributed by atoms with E-state index in [0.29, 0.717) is 24.3 Å². The molecule has 0 fully saturated rings. The van der Waals surface area contributed by atoms with Crippen molar-refractivity contribution in [2.75, 3.05) is 13.2 Å². The van der Waals surface area contributed by atoms with Gasteiger partial charge in [-0.2, -0.15) is 0 Å². The van der Waals surface area contributed by atoms with Gasteiger partial charge in [-0.1, -0.05) is 0 Å². The lowest BCUT2D eigenvalue weighted by atomic mass is 9.88. The van der Waals surface area contributed by atoms with Crippen LogP contribution in [0, 0.1) is 0 Å². The fraction of sp³-hybridized carbons (Fsp3) is 0.571. The Kier molecular flexibility index (Phi) is 7.80. The third-order valence-corrected chi connectivity index (χ3v) is 4.59. The summed E-state index contributed by atoms with van der Waals surface area (Å²) in [6.45, 7) is 7.53. The third-order valence-electron chi connectivity index (χ3n) is 4.59. The monoisotopic (exact) mass is 421 g/mol. The molecule has 2 rings (SSSR count). The van der Waals surface area contributed by atoms with Gasteiger partial charge in [-0.05, 0) is 58.4 Å². The van der Waals surface area contributed by atoms with Crippen molar-refractivity contribution in [1.82, 2.24) is 5.43 Å². The predicted molar refractivity (Wildman–Crippen MR) is 111 cm³/mol. The highest BCUT2D eigenvalue weighted by atomic mass is 16.6. The minimum atomic E-state index is -1.34. The average molecular weight is 421 g/mol. The summed E-state index contributed by atoms with van der Waals surface area (Å²) in [6.07, 6.45) is 0.00721. The van der Waals surface area contributed by atoms with Crippen LogP contribution in [0.25, 0.3) is 0 Å². The molecule has 0 saturated heterocycles. The standard InChI is InChI=1S/C21H31N3O6/c1-14-21(19(27)24-22,11-10-17(26)30-20(2,3)4)23-18(29-14)15-6-8-16(9-7-15)28-13-5-12-25/h6-9,14,25H,5,10-13,22H2,1-4H3,(H,24,27)/t14-,21-/m0/s1. The first-order chi connectivity index (χ1) is 14.1. The number of aliphatic hydroxyl groups excluding tert-OH is 1. The Labute approximate surface area is 176 Å². The molecule has 166 valence electrons. The van der Waals surface area contributed by atoms with E-state index in [1.54, 1.807) is 52.0 Å². The molecule has 9 nitrogen and oxygen atoms in total. The zero-order valence-electron chi connectivity index (χ0n) is 17.9. The first kappa shape index (κ1) is 23.6. The van der Waals surface area contributed by atoms with Gasteiger partial charge in [0.05, 0.1) is 6.61 Å². The number of rotatable bonds is 9. The molecular weight excluding hydrogens is 390 g/mol. The maximum absolute atomic E-state index is 12.6. The minimum Gasteiger partial charge on any atom is -0.494 e. The van der Waals surface area contributed by atoms with E-state index < -0.39 is 29.1 Å². The SMILES string of the molecule is C[C@@H]1OC(c2ccc(OCCCO)cc2)=N[C@]1(CCC(=O)OC(C)(C)C)C(=O)NN. The van der Waals surface area contributed by atoms with E-state index in [1.165, 1.54) is 0 Å². The molecular formula is C21H31N3O6. The Morgan fingerprint density at radius 3 is 2.53 bits per heavy atom. The minimum absolute atomic E-state index is 0.00714. The Morgan fingerprint density at radius 2 is 1.97 bits per heavy atom. The van der Waals surface area contributed by atoms with E-state index in [-0.39, 0.29) is 25.3 Å². The Morgan fingerprint density at radius 1 is 1.30 bits per heavy atom. The summed E-state index contributed by atoms with van der Waals surface area (Å²) in [7, 11) is 0. The van der Waals surface area contributed by atoms with Gasteiger partial charge in [-0.25, -0.2) is 10.8 Å². The summed E-state index contributed by atoms with van der Waals surface area (Å²) in [6, 6.07) is 7.05. The molecule has 0 aliphatic carbocycles. The van der Waals surface area contributed by atoms with Crippen molar-refractivity contribution in [1.29, 1.82) is 0 Å². The number of nitrogens with one attached hydrogen (secondary N) is 1. The number of aliphatic hydroxyl groups is 1. The van der Waals surface area contributed by atoms with Crippen molar-refractivity contribution in [3.05, 3.63) is 29.8 Å². The van der Waals surface area contributed by atoms with Crippen LogP contribution in [0.15, 0.2) is 29.3 Å². The molecule has 0 bridgehead atoms. The molecule has 0 radical (unpaired) electrons. The van der Waals surface area contributed by atoms with Crippen LogP contribution >= 0.6 is 0 Å². The van der Waals surface area contributed by atoms with Gasteiger partial charge in [-0.15, -0.1) is 0 Å². The average Bonchev–Trinajstić information content (AvgIpc) is 3.03. The maximum atomic E-state index is 12.6. The fourth-order valence-electron chi connectivity index (χ4n) is 3.06. The van der Waals surface area contributed by atoms with Gasteiger partial charge in [0.1, 0.15) is 17.5 Å². The van der Waals surface area contributed by atoms with E-state index in [4.69, 9.17) is 25.2 Å². The molecule has 1 amide bonds. The summed E-state index contributed by atoms with van der Waals surface area (Å²) >= 11 is 0. The molecule has 0 saturated carbocycles. The second-order valence-electron chi connectivity index (χ2n) is 8.11. The van der Waals surface area contributed by atoms with Gasteiger partial charge in [0.25, 0.3) is 5.91 Å². The zero-order valence-corrected chi connectivity index (χ0v) is 17.9. The second kappa shape index (κ2) is 9.90. The third kappa shape index (κ3) is 5.93. The Bertz CT molecular complexity index is 772. The Balaban J connectivity index is 2.18. The molecule has 9 heteroatoms. The first-order valence-electron chi connectivity index (χ1n) is 9.95. The van der Waals surface area contributed by atoms with Gasteiger partial charge in [0.2, 0.25) is 5.90 Å². The molecule has 4 N–H and O–H groups in total. The summed E-state index contributed by atoms with van der Waals surface area (Å²) in [5, 5.41) is 8.82. The number of amides is 1. The van der Waals surface area contributed by atoms with Gasteiger partial charge in [0, 0.05) is 25.0 Å². The number of nitrogens with zero attached hydrogens (tertiary/aromatic N) is 1.